The number of thioether (sulfide) groups is 1. The highest BCUT2D eigenvalue weighted by Crippen LogP contribution is 2.29. The molecule has 0 bridgehead atoms. The SMILES string of the molecule is Cn1c(CCNC(=O)Cc2cccc(C(F)(F)F)c2)nnc1SC[C@@H]1CCCO1. The minimum Gasteiger partial charge on any atom is -0.377 e. The second-order valence-electron chi connectivity index (χ2n) is 6.88. The first-order valence-electron chi connectivity index (χ1n) is 9.38. The number of carbonyl (C=O) groups excluding carboxylic acids is 1. The Morgan fingerprint density at radius 3 is 2.93 bits per heavy atom. The van der Waals surface area contributed by atoms with Crippen LogP contribution >= 0.6 is 11.8 Å². The van der Waals surface area contributed by atoms with Crippen LogP contribution in [-0.4, -0.2) is 45.7 Å². The van der Waals surface area contributed by atoms with Crippen molar-refractivity contribution in [1.29, 1.82) is 0 Å². The van der Waals surface area contributed by atoms with Crippen molar-refractivity contribution in [3.05, 3.63) is 41.2 Å². The number of rotatable bonds is 8. The van der Waals surface area contributed by atoms with E-state index in [2.05, 4.69) is 15.5 Å². The van der Waals surface area contributed by atoms with Crippen molar-refractivity contribution in [2.24, 2.45) is 7.05 Å². The van der Waals surface area contributed by atoms with Crippen LogP contribution in [0.25, 0.3) is 0 Å². The number of halogens is 3. The Labute approximate surface area is 171 Å². The summed E-state index contributed by atoms with van der Waals surface area (Å²) in [6.07, 6.45) is -1.62. The number of nitrogens with zero attached hydrogens (tertiary/aromatic N) is 3. The minimum atomic E-state index is -4.42. The van der Waals surface area contributed by atoms with E-state index in [1.165, 1.54) is 12.1 Å². The van der Waals surface area contributed by atoms with Crippen LogP contribution in [0.4, 0.5) is 13.2 Å². The summed E-state index contributed by atoms with van der Waals surface area (Å²) in [7, 11) is 1.87. The molecule has 158 valence electrons. The lowest BCUT2D eigenvalue weighted by atomic mass is 10.1. The van der Waals surface area contributed by atoms with Crippen molar-refractivity contribution in [2.75, 3.05) is 18.9 Å². The Balaban J connectivity index is 1.44. The molecule has 1 aliphatic rings. The topological polar surface area (TPSA) is 69.0 Å². The minimum absolute atomic E-state index is 0.106. The highest BCUT2D eigenvalue weighted by atomic mass is 32.2. The van der Waals surface area contributed by atoms with Gasteiger partial charge >= 0.3 is 6.18 Å². The molecule has 0 saturated carbocycles. The molecule has 1 aliphatic heterocycles. The number of nitrogens with one attached hydrogen (secondary N) is 1. The molecule has 6 nitrogen and oxygen atoms in total. The van der Waals surface area contributed by atoms with Crippen molar-refractivity contribution in [1.82, 2.24) is 20.1 Å². The molecule has 0 radical (unpaired) electrons. The Hall–Kier alpha value is -2.07. The lowest BCUT2D eigenvalue weighted by Crippen LogP contribution is -2.28. The number of alkyl halides is 3. The van der Waals surface area contributed by atoms with E-state index in [9.17, 15) is 18.0 Å². The molecule has 1 N–H and O–H groups in total. The van der Waals surface area contributed by atoms with Gasteiger partial charge in [0.25, 0.3) is 0 Å². The second-order valence-corrected chi connectivity index (χ2v) is 7.87. The van der Waals surface area contributed by atoms with Crippen molar-refractivity contribution < 1.29 is 22.7 Å². The maximum atomic E-state index is 12.8. The molecule has 2 aromatic rings. The van der Waals surface area contributed by atoms with E-state index < -0.39 is 11.7 Å². The lowest BCUT2D eigenvalue weighted by molar-refractivity contribution is -0.137. The Morgan fingerprint density at radius 2 is 2.21 bits per heavy atom. The number of amides is 1. The number of hydrogen-bond acceptors (Lipinski definition) is 5. The van der Waals surface area contributed by atoms with E-state index in [0.717, 1.165) is 48.3 Å². The molecular formula is C19H23F3N4O2S. The molecule has 0 unspecified atom stereocenters. The summed E-state index contributed by atoms with van der Waals surface area (Å²) in [4.78, 5) is 12.1. The van der Waals surface area contributed by atoms with Crippen LogP contribution in [-0.2, 0) is 35.6 Å². The number of ether oxygens (including phenoxy) is 1. The average Bonchev–Trinajstić information content (AvgIpc) is 3.30. The first-order valence-corrected chi connectivity index (χ1v) is 10.4. The summed E-state index contributed by atoms with van der Waals surface area (Å²) < 4.78 is 45.7. The third kappa shape index (κ3) is 6.20. The zero-order chi connectivity index (χ0) is 20.9. The summed E-state index contributed by atoms with van der Waals surface area (Å²) in [5, 5.41) is 11.9. The molecule has 0 aliphatic carbocycles. The maximum absolute atomic E-state index is 12.8. The molecule has 2 heterocycles. The number of hydrogen-bond donors (Lipinski definition) is 1. The fourth-order valence-electron chi connectivity index (χ4n) is 3.05. The van der Waals surface area contributed by atoms with Gasteiger partial charge in [0.2, 0.25) is 5.91 Å². The van der Waals surface area contributed by atoms with Gasteiger partial charge in [0.1, 0.15) is 5.82 Å². The maximum Gasteiger partial charge on any atom is 0.416 e. The van der Waals surface area contributed by atoms with E-state index in [1.54, 1.807) is 11.8 Å². The van der Waals surface area contributed by atoms with Gasteiger partial charge in [-0.2, -0.15) is 13.2 Å². The predicted octanol–water partition coefficient (Wildman–Crippen LogP) is 3.01. The lowest BCUT2D eigenvalue weighted by Gasteiger charge is -2.09. The molecule has 0 spiro atoms. The van der Waals surface area contributed by atoms with E-state index in [0.29, 0.717) is 18.5 Å². The summed E-state index contributed by atoms with van der Waals surface area (Å²) in [5.74, 6) is 1.23. The summed E-state index contributed by atoms with van der Waals surface area (Å²) in [6, 6.07) is 4.81. The van der Waals surface area contributed by atoms with Gasteiger partial charge in [-0.05, 0) is 24.5 Å². The summed E-state index contributed by atoms with van der Waals surface area (Å²) in [6.45, 7) is 1.15. The average molecular weight is 428 g/mol. The van der Waals surface area contributed by atoms with Crippen LogP contribution in [0.5, 0.6) is 0 Å². The molecule has 3 rings (SSSR count). The van der Waals surface area contributed by atoms with Gasteiger partial charge in [0.15, 0.2) is 5.16 Å². The highest BCUT2D eigenvalue weighted by molar-refractivity contribution is 7.99. The van der Waals surface area contributed by atoms with Crippen molar-refractivity contribution in [3.8, 4) is 0 Å². The van der Waals surface area contributed by atoms with Gasteiger partial charge in [0.05, 0.1) is 18.1 Å². The van der Waals surface area contributed by atoms with E-state index in [-0.39, 0.29) is 18.4 Å². The van der Waals surface area contributed by atoms with Gasteiger partial charge in [-0.15, -0.1) is 10.2 Å². The molecular weight excluding hydrogens is 405 g/mol. The molecule has 29 heavy (non-hydrogen) atoms. The first-order chi connectivity index (χ1) is 13.8. The van der Waals surface area contributed by atoms with Gasteiger partial charge < -0.3 is 14.6 Å². The third-order valence-electron chi connectivity index (χ3n) is 4.64. The highest BCUT2D eigenvalue weighted by Gasteiger charge is 2.30. The van der Waals surface area contributed by atoms with E-state index in [4.69, 9.17) is 4.74 Å². The zero-order valence-corrected chi connectivity index (χ0v) is 16.9. The molecule has 1 fully saturated rings. The van der Waals surface area contributed by atoms with Crippen LogP contribution in [0.3, 0.4) is 0 Å². The fourth-order valence-corrected chi connectivity index (χ4v) is 4.05. The van der Waals surface area contributed by atoms with Crippen LogP contribution in [0.15, 0.2) is 29.4 Å². The van der Waals surface area contributed by atoms with Gasteiger partial charge in [-0.3, -0.25) is 4.79 Å². The Morgan fingerprint density at radius 1 is 1.38 bits per heavy atom. The largest absolute Gasteiger partial charge is 0.416 e. The normalized spacial score (nSPS) is 16.9. The Kier molecular flexibility index (Phi) is 7.18. The zero-order valence-electron chi connectivity index (χ0n) is 16.0. The summed E-state index contributed by atoms with van der Waals surface area (Å²) >= 11 is 1.60. The second kappa shape index (κ2) is 9.62. The number of carbonyl (C=O) groups is 1. The molecule has 1 aromatic heterocycles. The molecule has 10 heteroatoms. The number of aromatic nitrogens is 3. The van der Waals surface area contributed by atoms with E-state index >= 15 is 0 Å². The quantitative estimate of drug-likeness (QED) is 0.655. The van der Waals surface area contributed by atoms with Crippen LogP contribution in [0.2, 0.25) is 0 Å². The monoisotopic (exact) mass is 428 g/mol. The van der Waals surface area contributed by atoms with Crippen molar-refractivity contribution >= 4 is 17.7 Å². The fraction of sp³-hybridized carbons (Fsp3) is 0.526. The molecule has 1 aromatic carbocycles. The first kappa shape index (κ1) is 21.6. The van der Waals surface area contributed by atoms with Gasteiger partial charge in [-0.1, -0.05) is 30.0 Å². The summed E-state index contributed by atoms with van der Waals surface area (Å²) in [5.41, 5.74) is -0.432. The van der Waals surface area contributed by atoms with Crippen LogP contribution in [0, 0.1) is 0 Å². The van der Waals surface area contributed by atoms with E-state index in [1.807, 2.05) is 11.6 Å². The molecule has 1 atom stereocenters. The van der Waals surface area contributed by atoms with Gasteiger partial charge in [0, 0.05) is 32.4 Å². The molecule has 1 amide bonds. The predicted molar refractivity (Wildman–Crippen MR) is 103 cm³/mol. The van der Waals surface area contributed by atoms with Crippen molar-refractivity contribution in [3.63, 3.8) is 0 Å². The standard InChI is InChI=1S/C19H23F3N4O2S/c1-26-16(24-25-18(26)29-12-15-6-3-9-28-15)7-8-23-17(27)11-13-4-2-5-14(10-13)19(20,21)22/h2,4-5,10,15H,3,6-9,11-12H2,1H3,(H,23,27)/t15-/m0/s1. The smallest absolute Gasteiger partial charge is 0.377 e. The number of benzene rings is 1. The van der Waals surface area contributed by atoms with Gasteiger partial charge in [-0.25, -0.2) is 0 Å². The molecule has 1 saturated heterocycles. The Bertz CT molecular complexity index is 835. The van der Waals surface area contributed by atoms with Crippen LogP contribution < -0.4 is 5.32 Å². The van der Waals surface area contributed by atoms with Crippen LogP contribution in [0.1, 0.15) is 29.8 Å². The van der Waals surface area contributed by atoms with Crippen molar-refractivity contribution in [2.45, 2.75) is 43.1 Å². The third-order valence-corrected chi connectivity index (χ3v) is 5.79.